The molecule has 0 aromatic carbocycles. The largest absolute Gasteiger partial charge is 0.366 e. The topological polar surface area (TPSA) is 52.3 Å². The quantitative estimate of drug-likeness (QED) is 0.677. The van der Waals surface area contributed by atoms with Gasteiger partial charge in [0.25, 0.3) is 0 Å². The summed E-state index contributed by atoms with van der Waals surface area (Å²) in [6, 6.07) is 0. The Labute approximate surface area is 85.0 Å². The van der Waals surface area contributed by atoms with Crippen LogP contribution in [0.1, 0.15) is 32.6 Å². The molecule has 2 unspecified atom stereocenters. The molecule has 3 heteroatoms. The number of carbonyl (C=O) groups is 1. The van der Waals surface area contributed by atoms with E-state index in [1.54, 1.807) is 6.92 Å². The number of rotatable bonds is 4. The van der Waals surface area contributed by atoms with Crippen LogP contribution >= 0.6 is 0 Å². The lowest BCUT2D eigenvalue weighted by Crippen LogP contribution is -2.24. The minimum Gasteiger partial charge on any atom is -0.366 e. The third-order valence-electron chi connectivity index (χ3n) is 2.40. The number of ether oxygens (including phenoxy) is 1. The van der Waals surface area contributed by atoms with Crippen molar-refractivity contribution in [3.63, 3.8) is 0 Å². The predicted molar refractivity (Wildman–Crippen MR) is 54.6 cm³/mol. The van der Waals surface area contributed by atoms with Crippen LogP contribution in [0.15, 0.2) is 0 Å². The fourth-order valence-corrected chi connectivity index (χ4v) is 1.59. The Hall–Kier alpha value is -0.850. The molecular formula is C11H17NO2. The van der Waals surface area contributed by atoms with E-state index in [9.17, 15) is 4.79 Å². The van der Waals surface area contributed by atoms with Crippen LogP contribution in [0, 0.1) is 11.8 Å². The van der Waals surface area contributed by atoms with E-state index in [2.05, 4.69) is 11.8 Å². The number of carbonyl (C=O) groups excluding carboxylic acids is 1. The maximum absolute atomic E-state index is 11.5. The number of hydrogen-bond donors (Lipinski definition) is 1. The number of Topliss-reactive ketones (excluding diaryl/α,β-unsaturated/α-hetero) is 1. The van der Waals surface area contributed by atoms with Crippen molar-refractivity contribution in [1.82, 2.24) is 0 Å². The normalized spacial score (nSPS) is 25.6. The van der Waals surface area contributed by atoms with Gasteiger partial charge in [0.05, 0.1) is 6.10 Å². The van der Waals surface area contributed by atoms with Crippen molar-refractivity contribution in [3.8, 4) is 11.8 Å². The molecular weight excluding hydrogens is 178 g/mol. The van der Waals surface area contributed by atoms with Crippen molar-refractivity contribution in [3.05, 3.63) is 0 Å². The van der Waals surface area contributed by atoms with Gasteiger partial charge in [-0.3, -0.25) is 4.79 Å². The molecule has 1 aliphatic rings. The zero-order valence-electron chi connectivity index (χ0n) is 8.58. The van der Waals surface area contributed by atoms with Gasteiger partial charge in [-0.15, -0.1) is 11.8 Å². The first-order valence-electron chi connectivity index (χ1n) is 5.05. The Balaban J connectivity index is 2.27. The summed E-state index contributed by atoms with van der Waals surface area (Å²) in [5.41, 5.74) is 5.46. The number of nitrogens with two attached hydrogens (primary N) is 1. The van der Waals surface area contributed by atoms with E-state index < -0.39 is 0 Å². The Bertz CT molecular complexity index is 252. The van der Waals surface area contributed by atoms with E-state index in [0.29, 0.717) is 19.4 Å². The van der Waals surface area contributed by atoms with Crippen molar-refractivity contribution in [2.45, 2.75) is 44.8 Å². The first kappa shape index (κ1) is 11.2. The molecule has 14 heavy (non-hydrogen) atoms. The van der Waals surface area contributed by atoms with Crippen LogP contribution in [0.25, 0.3) is 0 Å². The molecule has 0 aliphatic carbocycles. The van der Waals surface area contributed by atoms with Gasteiger partial charge in [0.15, 0.2) is 5.78 Å². The third-order valence-corrected chi connectivity index (χ3v) is 2.40. The van der Waals surface area contributed by atoms with Gasteiger partial charge in [-0.05, 0) is 19.8 Å². The van der Waals surface area contributed by atoms with Gasteiger partial charge in [0, 0.05) is 19.4 Å². The van der Waals surface area contributed by atoms with Crippen molar-refractivity contribution in [1.29, 1.82) is 0 Å². The minimum atomic E-state index is -0.220. The van der Waals surface area contributed by atoms with E-state index >= 15 is 0 Å². The van der Waals surface area contributed by atoms with Gasteiger partial charge in [0.1, 0.15) is 6.10 Å². The van der Waals surface area contributed by atoms with E-state index in [1.165, 1.54) is 0 Å². The SMILES string of the molecule is CC#CCCC(=O)C1CCC(CN)O1. The van der Waals surface area contributed by atoms with Gasteiger partial charge in [-0.2, -0.15) is 0 Å². The summed E-state index contributed by atoms with van der Waals surface area (Å²) in [6.07, 6.45) is 2.74. The monoisotopic (exact) mass is 195 g/mol. The second kappa shape index (κ2) is 5.79. The highest BCUT2D eigenvalue weighted by atomic mass is 16.5. The second-order valence-corrected chi connectivity index (χ2v) is 3.45. The second-order valence-electron chi connectivity index (χ2n) is 3.45. The number of hydrogen-bond acceptors (Lipinski definition) is 3. The first-order chi connectivity index (χ1) is 6.77. The van der Waals surface area contributed by atoms with Gasteiger partial charge < -0.3 is 10.5 Å². The van der Waals surface area contributed by atoms with Crippen LogP contribution in [0.2, 0.25) is 0 Å². The summed E-state index contributed by atoms with van der Waals surface area (Å²) in [7, 11) is 0. The average molecular weight is 195 g/mol. The molecule has 0 bridgehead atoms. The summed E-state index contributed by atoms with van der Waals surface area (Å²) in [6.45, 7) is 2.29. The molecule has 0 radical (unpaired) electrons. The fraction of sp³-hybridized carbons (Fsp3) is 0.727. The predicted octanol–water partition coefficient (Wildman–Crippen LogP) is 0.865. The zero-order chi connectivity index (χ0) is 10.4. The van der Waals surface area contributed by atoms with Crippen LogP contribution in [0.4, 0.5) is 0 Å². The summed E-state index contributed by atoms with van der Waals surface area (Å²) in [5, 5.41) is 0. The van der Waals surface area contributed by atoms with Gasteiger partial charge >= 0.3 is 0 Å². The molecule has 3 nitrogen and oxygen atoms in total. The van der Waals surface area contributed by atoms with Crippen LogP contribution in [-0.4, -0.2) is 24.5 Å². The Morgan fingerprint density at radius 2 is 2.36 bits per heavy atom. The Morgan fingerprint density at radius 3 is 2.93 bits per heavy atom. The summed E-state index contributed by atoms with van der Waals surface area (Å²) in [4.78, 5) is 11.5. The smallest absolute Gasteiger partial charge is 0.162 e. The number of ketones is 1. The van der Waals surface area contributed by atoms with Gasteiger partial charge in [-0.1, -0.05) is 0 Å². The Morgan fingerprint density at radius 1 is 1.57 bits per heavy atom. The molecule has 1 rings (SSSR count). The van der Waals surface area contributed by atoms with Crippen molar-refractivity contribution in [2.75, 3.05) is 6.54 Å². The van der Waals surface area contributed by atoms with Crippen LogP contribution in [-0.2, 0) is 9.53 Å². The van der Waals surface area contributed by atoms with Crippen molar-refractivity contribution in [2.24, 2.45) is 5.73 Å². The van der Waals surface area contributed by atoms with Gasteiger partial charge in [-0.25, -0.2) is 0 Å². The molecule has 2 N–H and O–H groups in total. The molecule has 0 amide bonds. The van der Waals surface area contributed by atoms with E-state index in [1.807, 2.05) is 0 Å². The first-order valence-corrected chi connectivity index (χ1v) is 5.05. The lowest BCUT2D eigenvalue weighted by atomic mass is 10.1. The highest BCUT2D eigenvalue weighted by Crippen LogP contribution is 2.20. The van der Waals surface area contributed by atoms with Gasteiger partial charge in [0.2, 0.25) is 0 Å². The van der Waals surface area contributed by atoms with E-state index in [-0.39, 0.29) is 18.0 Å². The van der Waals surface area contributed by atoms with Crippen LogP contribution in [0.5, 0.6) is 0 Å². The van der Waals surface area contributed by atoms with Crippen LogP contribution in [0.3, 0.4) is 0 Å². The molecule has 1 aliphatic heterocycles. The lowest BCUT2D eigenvalue weighted by Gasteiger charge is -2.10. The molecule has 1 saturated heterocycles. The standard InChI is InChI=1S/C11H17NO2/c1-2-3-4-5-10(13)11-7-6-9(8-12)14-11/h9,11H,4-8,12H2,1H3. The lowest BCUT2D eigenvalue weighted by molar-refractivity contribution is -0.129. The minimum absolute atomic E-state index is 0.0845. The molecule has 78 valence electrons. The van der Waals surface area contributed by atoms with Crippen molar-refractivity contribution < 1.29 is 9.53 Å². The van der Waals surface area contributed by atoms with Crippen LogP contribution < -0.4 is 5.73 Å². The Kier molecular flexibility index (Phi) is 4.64. The molecule has 0 saturated carbocycles. The average Bonchev–Trinajstić information content (AvgIpc) is 2.66. The van der Waals surface area contributed by atoms with E-state index in [0.717, 1.165) is 12.8 Å². The maximum Gasteiger partial charge on any atom is 0.162 e. The summed E-state index contributed by atoms with van der Waals surface area (Å²) in [5.74, 6) is 5.82. The zero-order valence-corrected chi connectivity index (χ0v) is 8.58. The molecule has 0 aromatic rings. The highest BCUT2D eigenvalue weighted by molar-refractivity contribution is 5.83. The highest BCUT2D eigenvalue weighted by Gasteiger charge is 2.28. The summed E-state index contributed by atoms with van der Waals surface area (Å²) < 4.78 is 5.48. The molecule has 0 spiro atoms. The third kappa shape index (κ3) is 3.13. The molecule has 1 fully saturated rings. The molecule has 2 atom stereocenters. The molecule has 0 aromatic heterocycles. The fourth-order valence-electron chi connectivity index (χ4n) is 1.59. The molecule has 1 heterocycles. The van der Waals surface area contributed by atoms with E-state index in [4.69, 9.17) is 10.5 Å². The maximum atomic E-state index is 11.5. The van der Waals surface area contributed by atoms with Crippen molar-refractivity contribution >= 4 is 5.78 Å². The summed E-state index contributed by atoms with van der Waals surface area (Å²) >= 11 is 0.